The van der Waals surface area contributed by atoms with Crippen LogP contribution in [0.4, 0.5) is 14.5 Å². The minimum Gasteiger partial charge on any atom is -0.397 e. The van der Waals surface area contributed by atoms with Crippen molar-refractivity contribution < 1.29 is 8.78 Å². The van der Waals surface area contributed by atoms with E-state index in [2.05, 4.69) is 4.98 Å². The highest BCUT2D eigenvalue weighted by Gasteiger charge is 2.06. The van der Waals surface area contributed by atoms with Gasteiger partial charge in [0, 0.05) is 0 Å². The number of nitrogen functional groups attached to an aromatic ring is 1. The Kier molecular flexibility index (Phi) is 4.92. The van der Waals surface area contributed by atoms with Gasteiger partial charge in [0.15, 0.2) is 0 Å². The number of nitrogens with two attached hydrogens (primary N) is 1. The number of hydrogen-bond donors (Lipinski definition) is 1. The molecule has 12 heavy (non-hydrogen) atoms. The third-order valence-electron chi connectivity index (χ3n) is 1.03. The Balaban J connectivity index is 0.000000561. The summed E-state index contributed by atoms with van der Waals surface area (Å²) in [5, 5.41) is 0. The predicted octanol–water partition coefficient (Wildman–Crippen LogP) is 2.63. The molecule has 0 radical (unpaired) electrons. The van der Waals surface area contributed by atoms with E-state index in [0.717, 1.165) is 0 Å². The Hall–Kier alpha value is -1.19. The van der Waals surface area contributed by atoms with Crippen LogP contribution in [0.5, 0.6) is 0 Å². The van der Waals surface area contributed by atoms with Gasteiger partial charge in [-0.2, -0.15) is 0 Å². The highest BCUT2D eigenvalue weighted by molar-refractivity contribution is 5.34. The number of nitrogens with zero attached hydrogens (tertiary/aromatic N) is 1. The van der Waals surface area contributed by atoms with E-state index >= 15 is 0 Å². The fraction of sp³-hybridized carbons (Fsp3) is 0.375. The first kappa shape index (κ1) is 10.8. The molecule has 0 fully saturated rings. The minimum atomic E-state index is -2.51. The van der Waals surface area contributed by atoms with E-state index in [1.807, 2.05) is 13.8 Å². The van der Waals surface area contributed by atoms with Crippen molar-refractivity contribution in [3.63, 3.8) is 0 Å². The van der Waals surface area contributed by atoms with Gasteiger partial charge in [0.25, 0.3) is 6.43 Å². The average Bonchev–Trinajstić information content (AvgIpc) is 2.09. The van der Waals surface area contributed by atoms with Crippen LogP contribution in [0.15, 0.2) is 18.3 Å². The lowest BCUT2D eigenvalue weighted by Gasteiger charge is -1.96. The number of rotatable bonds is 1. The van der Waals surface area contributed by atoms with Crippen LogP contribution in [0.25, 0.3) is 0 Å². The molecule has 1 heterocycles. The summed E-state index contributed by atoms with van der Waals surface area (Å²) in [5.41, 5.74) is 5.37. The van der Waals surface area contributed by atoms with Crippen molar-refractivity contribution in [2.45, 2.75) is 20.3 Å². The molecule has 0 amide bonds. The van der Waals surface area contributed by atoms with Crippen molar-refractivity contribution in [3.8, 4) is 0 Å². The Morgan fingerprint density at radius 3 is 2.25 bits per heavy atom. The van der Waals surface area contributed by atoms with Crippen molar-refractivity contribution in [3.05, 3.63) is 24.0 Å². The second-order valence-electron chi connectivity index (χ2n) is 1.82. The summed E-state index contributed by atoms with van der Waals surface area (Å²) in [5.74, 6) is 0. The van der Waals surface area contributed by atoms with Gasteiger partial charge in [0.1, 0.15) is 5.69 Å². The summed E-state index contributed by atoms with van der Waals surface area (Å²) in [6.07, 6.45) is -1.30. The van der Waals surface area contributed by atoms with Gasteiger partial charge in [0.2, 0.25) is 0 Å². The smallest absolute Gasteiger partial charge is 0.280 e. The van der Waals surface area contributed by atoms with Crippen molar-refractivity contribution in [1.82, 2.24) is 4.98 Å². The summed E-state index contributed by atoms with van der Waals surface area (Å²) < 4.78 is 23.6. The van der Waals surface area contributed by atoms with Crippen LogP contribution in [0, 0.1) is 0 Å². The topological polar surface area (TPSA) is 38.9 Å². The summed E-state index contributed by atoms with van der Waals surface area (Å²) in [4.78, 5) is 3.40. The Morgan fingerprint density at radius 1 is 1.33 bits per heavy atom. The molecule has 0 spiro atoms. The maximum Gasteiger partial charge on any atom is 0.280 e. The Bertz CT molecular complexity index is 209. The van der Waals surface area contributed by atoms with E-state index in [-0.39, 0.29) is 5.69 Å². The van der Waals surface area contributed by atoms with E-state index in [1.54, 1.807) is 0 Å². The molecular formula is C8H12F2N2. The normalized spacial score (nSPS) is 9.08. The van der Waals surface area contributed by atoms with E-state index in [1.165, 1.54) is 18.3 Å². The van der Waals surface area contributed by atoms with Gasteiger partial charge in [-0.05, 0) is 12.1 Å². The number of halogens is 2. The molecule has 0 bridgehead atoms. The first-order valence-corrected chi connectivity index (χ1v) is 3.69. The fourth-order valence-electron chi connectivity index (χ4n) is 0.546. The molecule has 1 aromatic heterocycles. The van der Waals surface area contributed by atoms with Crippen LogP contribution >= 0.6 is 0 Å². The third kappa shape index (κ3) is 3.27. The maximum absolute atomic E-state index is 11.8. The minimum absolute atomic E-state index is 0.241. The highest BCUT2D eigenvalue weighted by Crippen LogP contribution is 2.15. The molecule has 0 aromatic carbocycles. The van der Waals surface area contributed by atoms with E-state index in [9.17, 15) is 8.78 Å². The second kappa shape index (κ2) is 5.46. The molecule has 0 atom stereocenters. The van der Waals surface area contributed by atoms with Gasteiger partial charge in [-0.3, -0.25) is 4.98 Å². The molecule has 0 aliphatic carbocycles. The van der Waals surface area contributed by atoms with Gasteiger partial charge < -0.3 is 5.73 Å². The van der Waals surface area contributed by atoms with Gasteiger partial charge in [-0.15, -0.1) is 0 Å². The summed E-state index contributed by atoms with van der Waals surface area (Å²) in [6, 6.07) is 2.61. The molecule has 68 valence electrons. The molecule has 0 unspecified atom stereocenters. The standard InChI is InChI=1S/C6H6F2N2.C2H6/c7-6(8)5-2-1-4(9)3-10-5;1-2/h1-3,6H,9H2;1-2H3. The Labute approximate surface area is 70.4 Å². The molecule has 2 N–H and O–H groups in total. The van der Waals surface area contributed by atoms with Crippen molar-refractivity contribution in [2.75, 3.05) is 5.73 Å². The van der Waals surface area contributed by atoms with Crippen LogP contribution in [-0.4, -0.2) is 4.98 Å². The molecule has 0 aliphatic heterocycles. The molecule has 1 rings (SSSR count). The van der Waals surface area contributed by atoms with Crippen molar-refractivity contribution >= 4 is 5.69 Å². The summed E-state index contributed by atoms with van der Waals surface area (Å²) in [7, 11) is 0. The fourth-order valence-corrected chi connectivity index (χ4v) is 0.546. The number of hydrogen-bond acceptors (Lipinski definition) is 2. The van der Waals surface area contributed by atoms with Gasteiger partial charge in [-0.1, -0.05) is 13.8 Å². The zero-order valence-corrected chi connectivity index (χ0v) is 7.09. The van der Waals surface area contributed by atoms with Crippen LogP contribution in [0.2, 0.25) is 0 Å². The monoisotopic (exact) mass is 174 g/mol. The zero-order chi connectivity index (χ0) is 9.56. The van der Waals surface area contributed by atoms with Crippen molar-refractivity contribution in [1.29, 1.82) is 0 Å². The first-order chi connectivity index (χ1) is 5.70. The quantitative estimate of drug-likeness (QED) is 0.710. The number of aromatic nitrogens is 1. The lowest BCUT2D eigenvalue weighted by Crippen LogP contribution is -1.91. The maximum atomic E-state index is 11.8. The summed E-state index contributed by atoms with van der Waals surface area (Å²) in [6.45, 7) is 4.00. The first-order valence-electron chi connectivity index (χ1n) is 3.69. The molecule has 0 aliphatic rings. The third-order valence-corrected chi connectivity index (χ3v) is 1.03. The zero-order valence-electron chi connectivity index (χ0n) is 7.09. The van der Waals surface area contributed by atoms with E-state index in [4.69, 9.17) is 5.73 Å². The Morgan fingerprint density at radius 2 is 1.92 bits per heavy atom. The van der Waals surface area contributed by atoms with Gasteiger partial charge in [-0.25, -0.2) is 8.78 Å². The van der Waals surface area contributed by atoms with Crippen LogP contribution < -0.4 is 5.73 Å². The van der Waals surface area contributed by atoms with Crippen LogP contribution in [-0.2, 0) is 0 Å². The number of alkyl halides is 2. The lowest BCUT2D eigenvalue weighted by molar-refractivity contribution is 0.146. The van der Waals surface area contributed by atoms with Gasteiger partial charge in [0.05, 0.1) is 11.9 Å². The largest absolute Gasteiger partial charge is 0.397 e. The van der Waals surface area contributed by atoms with Crippen LogP contribution in [0.1, 0.15) is 26.0 Å². The molecule has 4 heteroatoms. The second-order valence-corrected chi connectivity index (χ2v) is 1.82. The lowest BCUT2D eigenvalue weighted by atomic mass is 10.3. The number of anilines is 1. The van der Waals surface area contributed by atoms with E-state index < -0.39 is 6.43 Å². The predicted molar refractivity (Wildman–Crippen MR) is 45.0 cm³/mol. The SMILES string of the molecule is CC.Nc1ccc(C(F)F)nc1. The number of pyridine rings is 1. The van der Waals surface area contributed by atoms with E-state index in [0.29, 0.717) is 5.69 Å². The van der Waals surface area contributed by atoms with Crippen LogP contribution in [0.3, 0.4) is 0 Å². The van der Waals surface area contributed by atoms with Gasteiger partial charge >= 0.3 is 0 Å². The summed E-state index contributed by atoms with van der Waals surface area (Å²) >= 11 is 0. The molecule has 0 saturated heterocycles. The average molecular weight is 174 g/mol. The molecule has 2 nitrogen and oxygen atoms in total. The molecule has 0 saturated carbocycles. The van der Waals surface area contributed by atoms with Crippen molar-refractivity contribution in [2.24, 2.45) is 0 Å². The highest BCUT2D eigenvalue weighted by atomic mass is 19.3. The molecular weight excluding hydrogens is 162 g/mol. The molecule has 1 aromatic rings.